The van der Waals surface area contributed by atoms with Crippen molar-refractivity contribution in [2.75, 3.05) is 0 Å². The summed E-state index contributed by atoms with van der Waals surface area (Å²) < 4.78 is 5.23. The summed E-state index contributed by atoms with van der Waals surface area (Å²) in [5.41, 5.74) is -0.660. The third-order valence-corrected chi connectivity index (χ3v) is 4.16. The van der Waals surface area contributed by atoms with Gasteiger partial charge in [0.25, 0.3) is 0 Å². The minimum absolute atomic E-state index is 0.223. The van der Waals surface area contributed by atoms with Gasteiger partial charge in [-0.15, -0.1) is 0 Å². The molecule has 24 heavy (non-hydrogen) atoms. The standard InChI is InChI=1S/C17H26N2O5/c1-17(2,3)24-16(23)18-12-8-6-4-5-7-11-9-10-13(15(21)22)19(11)14(12)20/h9-13H,4-8H2,1-3H3,(H,18,23)(H,21,22)/t11-,12-,13-/m0/s1. The molecule has 2 aliphatic rings. The first-order valence-electron chi connectivity index (χ1n) is 8.42. The summed E-state index contributed by atoms with van der Waals surface area (Å²) in [5, 5.41) is 12.0. The van der Waals surface area contributed by atoms with Crippen molar-refractivity contribution in [1.82, 2.24) is 10.2 Å². The van der Waals surface area contributed by atoms with Crippen LogP contribution in [0.1, 0.15) is 52.9 Å². The van der Waals surface area contributed by atoms with Crippen LogP contribution < -0.4 is 5.32 Å². The van der Waals surface area contributed by atoms with Crippen molar-refractivity contribution in [1.29, 1.82) is 0 Å². The van der Waals surface area contributed by atoms with E-state index in [0.717, 1.165) is 25.7 Å². The van der Waals surface area contributed by atoms with Crippen LogP contribution in [-0.4, -0.2) is 51.7 Å². The fourth-order valence-electron chi connectivity index (χ4n) is 3.13. The Balaban J connectivity index is 2.16. The van der Waals surface area contributed by atoms with Crippen LogP contribution in [0.25, 0.3) is 0 Å². The van der Waals surface area contributed by atoms with Gasteiger partial charge in [0.1, 0.15) is 17.7 Å². The molecule has 3 atom stereocenters. The Kier molecular flexibility index (Phi) is 5.51. The van der Waals surface area contributed by atoms with Crippen LogP contribution in [0.2, 0.25) is 0 Å². The monoisotopic (exact) mass is 338 g/mol. The Bertz CT molecular complexity index is 538. The maximum atomic E-state index is 12.9. The van der Waals surface area contributed by atoms with Gasteiger partial charge in [-0.2, -0.15) is 0 Å². The average Bonchev–Trinajstić information content (AvgIpc) is 2.87. The first-order chi connectivity index (χ1) is 11.2. The highest BCUT2D eigenvalue weighted by atomic mass is 16.6. The van der Waals surface area contributed by atoms with Crippen molar-refractivity contribution in [2.45, 2.75) is 76.6 Å². The maximum Gasteiger partial charge on any atom is 0.408 e. The van der Waals surface area contributed by atoms with Gasteiger partial charge in [0.05, 0.1) is 6.04 Å². The van der Waals surface area contributed by atoms with Crippen molar-refractivity contribution < 1.29 is 24.2 Å². The van der Waals surface area contributed by atoms with Crippen molar-refractivity contribution in [3.05, 3.63) is 12.2 Å². The van der Waals surface area contributed by atoms with E-state index in [1.54, 1.807) is 32.9 Å². The lowest BCUT2D eigenvalue weighted by atomic mass is 10.1. The molecular weight excluding hydrogens is 312 g/mol. The molecule has 0 unspecified atom stereocenters. The number of aliphatic carboxylic acids is 1. The minimum atomic E-state index is -1.06. The smallest absolute Gasteiger partial charge is 0.408 e. The molecule has 0 aromatic heterocycles. The molecule has 7 nitrogen and oxygen atoms in total. The average molecular weight is 338 g/mol. The second-order valence-corrected chi connectivity index (χ2v) is 7.32. The number of hydrogen-bond acceptors (Lipinski definition) is 4. The van der Waals surface area contributed by atoms with Gasteiger partial charge in [0, 0.05) is 0 Å². The van der Waals surface area contributed by atoms with Gasteiger partial charge in [-0.1, -0.05) is 31.4 Å². The Morgan fingerprint density at radius 1 is 1.21 bits per heavy atom. The molecule has 2 aliphatic heterocycles. The van der Waals surface area contributed by atoms with Crippen molar-refractivity contribution >= 4 is 18.0 Å². The summed E-state index contributed by atoms with van der Waals surface area (Å²) in [6.45, 7) is 5.25. The molecule has 2 heterocycles. The van der Waals surface area contributed by atoms with Crippen LogP contribution in [0.15, 0.2) is 12.2 Å². The van der Waals surface area contributed by atoms with Gasteiger partial charge in [-0.25, -0.2) is 9.59 Å². The fourth-order valence-corrected chi connectivity index (χ4v) is 3.13. The highest BCUT2D eigenvalue weighted by Crippen LogP contribution is 2.26. The molecule has 134 valence electrons. The summed E-state index contributed by atoms with van der Waals surface area (Å²) in [4.78, 5) is 37.8. The first-order valence-corrected chi connectivity index (χ1v) is 8.42. The van der Waals surface area contributed by atoms with E-state index in [4.69, 9.17) is 4.74 Å². The van der Waals surface area contributed by atoms with Crippen LogP contribution in [0.5, 0.6) is 0 Å². The number of amides is 2. The van der Waals surface area contributed by atoms with Crippen LogP contribution in [0.3, 0.4) is 0 Å². The molecule has 0 aliphatic carbocycles. The summed E-state index contributed by atoms with van der Waals surface area (Å²) in [6, 6.07) is -1.95. The van der Waals surface area contributed by atoms with E-state index >= 15 is 0 Å². The van der Waals surface area contributed by atoms with E-state index in [-0.39, 0.29) is 11.9 Å². The second kappa shape index (κ2) is 7.23. The van der Waals surface area contributed by atoms with Gasteiger partial charge in [0.15, 0.2) is 0 Å². The summed E-state index contributed by atoms with van der Waals surface area (Å²) in [6.07, 6.45) is 6.56. The van der Waals surface area contributed by atoms with E-state index in [2.05, 4.69) is 5.32 Å². The fraction of sp³-hybridized carbons (Fsp3) is 0.706. The van der Waals surface area contributed by atoms with Crippen molar-refractivity contribution in [3.63, 3.8) is 0 Å². The van der Waals surface area contributed by atoms with Gasteiger partial charge in [-0.05, 0) is 33.6 Å². The van der Waals surface area contributed by atoms with E-state index in [0.29, 0.717) is 6.42 Å². The predicted octanol–water partition coefficient (Wildman–Crippen LogP) is 2.06. The highest BCUT2D eigenvalue weighted by Gasteiger charge is 2.40. The lowest BCUT2D eigenvalue weighted by Crippen LogP contribution is -2.54. The molecule has 1 fully saturated rings. The van der Waals surface area contributed by atoms with Crippen LogP contribution >= 0.6 is 0 Å². The number of alkyl carbamates (subject to hydrolysis) is 1. The van der Waals surface area contributed by atoms with Crippen LogP contribution in [0.4, 0.5) is 4.79 Å². The first kappa shape index (κ1) is 18.3. The third kappa shape index (κ3) is 4.49. The van der Waals surface area contributed by atoms with Crippen LogP contribution in [0, 0.1) is 0 Å². The maximum absolute atomic E-state index is 12.9. The largest absolute Gasteiger partial charge is 0.479 e. The third-order valence-electron chi connectivity index (χ3n) is 4.16. The molecule has 0 radical (unpaired) electrons. The lowest BCUT2D eigenvalue weighted by molar-refractivity contribution is -0.149. The summed E-state index contributed by atoms with van der Waals surface area (Å²) in [5.74, 6) is -1.41. The van der Waals surface area contributed by atoms with E-state index in [1.165, 1.54) is 4.90 Å². The van der Waals surface area contributed by atoms with Crippen molar-refractivity contribution in [3.8, 4) is 0 Å². The highest BCUT2D eigenvalue weighted by molar-refractivity contribution is 5.91. The molecule has 0 saturated carbocycles. The molecule has 2 amide bonds. The number of hydrogen-bond donors (Lipinski definition) is 2. The molecule has 0 spiro atoms. The SMILES string of the molecule is CC(C)(C)OC(=O)N[C@H]1CCCCC[C@H]2C=C[C@@H](C(=O)O)N2C1=O. The normalized spacial score (nSPS) is 27.7. The zero-order valence-electron chi connectivity index (χ0n) is 14.4. The number of fused-ring (bicyclic) bond motifs is 1. The van der Waals surface area contributed by atoms with E-state index < -0.39 is 29.7 Å². The summed E-state index contributed by atoms with van der Waals surface area (Å²) in [7, 11) is 0. The Labute approximate surface area is 142 Å². The Morgan fingerprint density at radius 2 is 1.88 bits per heavy atom. The number of nitrogens with zero attached hydrogens (tertiary/aromatic N) is 1. The molecule has 7 heteroatoms. The predicted molar refractivity (Wildman–Crippen MR) is 87.4 cm³/mol. The van der Waals surface area contributed by atoms with Gasteiger partial charge >= 0.3 is 12.1 Å². The molecule has 0 aromatic rings. The molecule has 0 bridgehead atoms. The van der Waals surface area contributed by atoms with Gasteiger partial charge in [0.2, 0.25) is 5.91 Å². The molecule has 1 saturated heterocycles. The number of carboxylic acid groups (broad SMARTS) is 1. The number of carbonyl (C=O) groups excluding carboxylic acids is 2. The molecule has 0 aromatic carbocycles. The lowest BCUT2D eigenvalue weighted by Gasteiger charge is -2.31. The number of nitrogens with one attached hydrogen (secondary N) is 1. The van der Waals surface area contributed by atoms with E-state index in [9.17, 15) is 19.5 Å². The topological polar surface area (TPSA) is 95.9 Å². The van der Waals surface area contributed by atoms with Crippen molar-refractivity contribution in [2.24, 2.45) is 0 Å². The van der Waals surface area contributed by atoms with Gasteiger partial charge < -0.3 is 20.1 Å². The minimum Gasteiger partial charge on any atom is -0.479 e. The number of carbonyl (C=O) groups is 3. The zero-order chi connectivity index (χ0) is 17.9. The second-order valence-electron chi connectivity index (χ2n) is 7.32. The Hall–Kier alpha value is -2.05. The van der Waals surface area contributed by atoms with Gasteiger partial charge in [-0.3, -0.25) is 4.79 Å². The molecule has 2 N–H and O–H groups in total. The Morgan fingerprint density at radius 3 is 2.50 bits per heavy atom. The zero-order valence-corrected chi connectivity index (χ0v) is 14.4. The van der Waals surface area contributed by atoms with Crippen LogP contribution in [-0.2, 0) is 14.3 Å². The number of ether oxygens (including phenoxy) is 1. The quantitative estimate of drug-likeness (QED) is 0.751. The number of rotatable bonds is 2. The molecule has 2 rings (SSSR count). The molecular formula is C17H26N2O5. The van der Waals surface area contributed by atoms with E-state index in [1.807, 2.05) is 0 Å². The number of carboxylic acids is 1. The summed E-state index contributed by atoms with van der Waals surface area (Å²) >= 11 is 0.